The second-order valence-corrected chi connectivity index (χ2v) is 7.80. The molecule has 0 spiro atoms. The number of β-amino-alcohol motifs (C(OH)–C–C–N with tert-alkyl or cyclic N) is 1. The van der Waals surface area contributed by atoms with Gasteiger partial charge in [0.25, 0.3) is 0 Å². The number of halogens is 1. The fourth-order valence-electron chi connectivity index (χ4n) is 3.71. The van der Waals surface area contributed by atoms with Crippen LogP contribution in [0.5, 0.6) is 11.5 Å². The molecule has 1 saturated heterocycles. The van der Waals surface area contributed by atoms with Gasteiger partial charge >= 0.3 is 0 Å². The SMILES string of the molecule is COc1cc(OCC(O)CN2CCC(C(N)=O)CC2)cc(-c2ccc(F)c(C)c2)c1. The van der Waals surface area contributed by atoms with E-state index in [9.17, 15) is 14.3 Å². The summed E-state index contributed by atoms with van der Waals surface area (Å²) in [6.07, 6.45) is 0.774. The van der Waals surface area contributed by atoms with Crippen LogP contribution in [-0.2, 0) is 4.79 Å². The van der Waals surface area contributed by atoms with Crippen LogP contribution in [0, 0.1) is 18.7 Å². The highest BCUT2D eigenvalue weighted by atomic mass is 19.1. The lowest BCUT2D eigenvalue weighted by Gasteiger charge is -2.31. The molecule has 1 aliphatic heterocycles. The predicted molar refractivity (Wildman–Crippen MR) is 113 cm³/mol. The molecule has 0 bridgehead atoms. The average molecular weight is 416 g/mol. The first-order valence-corrected chi connectivity index (χ1v) is 10.1. The molecule has 30 heavy (non-hydrogen) atoms. The lowest BCUT2D eigenvalue weighted by molar-refractivity contribution is -0.123. The zero-order chi connectivity index (χ0) is 21.7. The van der Waals surface area contributed by atoms with E-state index in [0.717, 1.165) is 37.1 Å². The van der Waals surface area contributed by atoms with Gasteiger partial charge in [-0.1, -0.05) is 6.07 Å². The molecule has 1 fully saturated rings. The van der Waals surface area contributed by atoms with Crippen molar-refractivity contribution in [3.8, 4) is 22.6 Å². The van der Waals surface area contributed by atoms with Gasteiger partial charge < -0.3 is 25.2 Å². The fourth-order valence-corrected chi connectivity index (χ4v) is 3.71. The lowest BCUT2D eigenvalue weighted by Crippen LogP contribution is -2.43. The lowest BCUT2D eigenvalue weighted by atomic mass is 9.96. The van der Waals surface area contributed by atoms with Crippen molar-refractivity contribution in [2.45, 2.75) is 25.9 Å². The number of carbonyl (C=O) groups excluding carboxylic acids is 1. The molecule has 6 nitrogen and oxygen atoms in total. The van der Waals surface area contributed by atoms with Gasteiger partial charge in [-0.3, -0.25) is 4.79 Å². The molecule has 162 valence electrons. The molecule has 0 radical (unpaired) electrons. The van der Waals surface area contributed by atoms with Crippen LogP contribution in [0.1, 0.15) is 18.4 Å². The molecule has 2 aromatic carbocycles. The van der Waals surface area contributed by atoms with Crippen LogP contribution in [0.15, 0.2) is 36.4 Å². The highest BCUT2D eigenvalue weighted by Crippen LogP contribution is 2.31. The Labute approximate surface area is 176 Å². The van der Waals surface area contributed by atoms with Crippen molar-refractivity contribution in [1.82, 2.24) is 4.90 Å². The first-order chi connectivity index (χ1) is 14.4. The van der Waals surface area contributed by atoms with E-state index in [1.807, 2.05) is 12.1 Å². The van der Waals surface area contributed by atoms with Crippen molar-refractivity contribution in [2.75, 3.05) is 33.4 Å². The first kappa shape index (κ1) is 22.1. The number of carbonyl (C=O) groups is 1. The van der Waals surface area contributed by atoms with Gasteiger partial charge in [-0.25, -0.2) is 4.39 Å². The molecule has 1 atom stereocenters. The summed E-state index contributed by atoms with van der Waals surface area (Å²) in [5, 5.41) is 10.4. The highest BCUT2D eigenvalue weighted by molar-refractivity contribution is 5.76. The van der Waals surface area contributed by atoms with Gasteiger partial charge in [0.1, 0.15) is 30.0 Å². The number of ether oxygens (including phenoxy) is 2. The van der Waals surface area contributed by atoms with Crippen molar-refractivity contribution in [2.24, 2.45) is 11.7 Å². The summed E-state index contributed by atoms with van der Waals surface area (Å²) in [7, 11) is 1.57. The summed E-state index contributed by atoms with van der Waals surface area (Å²) in [5.74, 6) is 0.620. The van der Waals surface area contributed by atoms with Gasteiger partial charge in [0, 0.05) is 18.5 Å². The maximum atomic E-state index is 13.6. The molecule has 0 aromatic heterocycles. The normalized spacial score (nSPS) is 16.3. The standard InChI is InChI=1S/C23H29FN2O4/c1-15-9-17(3-4-22(15)24)18-10-20(29-2)12-21(11-18)30-14-19(27)13-26-7-5-16(6-8-26)23(25)28/h3-4,9-12,16,19,27H,5-8,13-14H2,1-2H3,(H2,25,28). The Morgan fingerprint density at radius 2 is 1.90 bits per heavy atom. The summed E-state index contributed by atoms with van der Waals surface area (Å²) in [6, 6.07) is 10.4. The van der Waals surface area contributed by atoms with Gasteiger partial charge in [-0.05, 0) is 73.8 Å². The average Bonchev–Trinajstić information content (AvgIpc) is 2.74. The Bertz CT molecular complexity index is 882. The third kappa shape index (κ3) is 5.70. The number of nitrogens with two attached hydrogens (primary N) is 1. The van der Waals surface area contributed by atoms with Gasteiger partial charge in [0.15, 0.2) is 0 Å². The molecule has 3 rings (SSSR count). The van der Waals surface area contributed by atoms with E-state index in [-0.39, 0.29) is 24.2 Å². The van der Waals surface area contributed by atoms with E-state index in [1.54, 1.807) is 32.2 Å². The number of nitrogens with zero attached hydrogens (tertiary/aromatic N) is 1. The molecule has 0 saturated carbocycles. The number of benzene rings is 2. The van der Waals surface area contributed by atoms with Crippen LogP contribution in [0.2, 0.25) is 0 Å². The molecule has 7 heteroatoms. The zero-order valence-electron chi connectivity index (χ0n) is 17.4. The number of amides is 1. The molecule has 2 aromatic rings. The largest absolute Gasteiger partial charge is 0.497 e. The Balaban J connectivity index is 1.60. The Kier molecular flexibility index (Phi) is 7.29. The number of piperidine rings is 1. The van der Waals surface area contributed by atoms with Crippen LogP contribution in [0.4, 0.5) is 4.39 Å². The predicted octanol–water partition coefficient (Wildman–Crippen LogP) is 2.75. The van der Waals surface area contributed by atoms with Gasteiger partial charge in [-0.15, -0.1) is 0 Å². The minimum Gasteiger partial charge on any atom is -0.497 e. The summed E-state index contributed by atoms with van der Waals surface area (Å²) in [5.41, 5.74) is 7.63. The maximum Gasteiger partial charge on any atom is 0.220 e. The quantitative estimate of drug-likeness (QED) is 0.691. The van der Waals surface area contributed by atoms with E-state index in [1.165, 1.54) is 6.07 Å². The molecule has 3 N–H and O–H groups in total. The van der Waals surface area contributed by atoms with Crippen LogP contribution < -0.4 is 15.2 Å². The second kappa shape index (κ2) is 9.91. The monoisotopic (exact) mass is 416 g/mol. The number of aliphatic hydroxyl groups excluding tert-OH is 1. The maximum absolute atomic E-state index is 13.6. The van der Waals surface area contributed by atoms with Crippen LogP contribution in [0.3, 0.4) is 0 Å². The second-order valence-electron chi connectivity index (χ2n) is 7.80. The fraction of sp³-hybridized carbons (Fsp3) is 0.435. The Hall–Kier alpha value is -2.64. The van der Waals surface area contributed by atoms with Crippen molar-refractivity contribution in [3.05, 3.63) is 47.8 Å². The molecule has 1 aliphatic rings. The minimum absolute atomic E-state index is 0.0695. The Morgan fingerprint density at radius 3 is 2.53 bits per heavy atom. The topological polar surface area (TPSA) is 85.0 Å². The van der Waals surface area contributed by atoms with E-state index in [0.29, 0.717) is 23.6 Å². The number of primary amides is 1. The summed E-state index contributed by atoms with van der Waals surface area (Å²) >= 11 is 0. The number of likely N-dealkylation sites (tertiary alicyclic amines) is 1. The third-order valence-electron chi connectivity index (χ3n) is 5.51. The molecule has 1 unspecified atom stereocenters. The van der Waals surface area contributed by atoms with Crippen molar-refractivity contribution >= 4 is 5.91 Å². The van der Waals surface area contributed by atoms with Crippen LogP contribution in [-0.4, -0.2) is 55.4 Å². The number of rotatable bonds is 8. The smallest absolute Gasteiger partial charge is 0.220 e. The highest BCUT2D eigenvalue weighted by Gasteiger charge is 2.24. The number of hydrogen-bond acceptors (Lipinski definition) is 5. The number of aliphatic hydroxyl groups is 1. The Morgan fingerprint density at radius 1 is 1.20 bits per heavy atom. The van der Waals surface area contributed by atoms with Gasteiger partial charge in [0.05, 0.1) is 7.11 Å². The molecule has 0 aliphatic carbocycles. The summed E-state index contributed by atoms with van der Waals surface area (Å²) in [6.45, 7) is 3.79. The molecule has 1 amide bonds. The molecular weight excluding hydrogens is 387 g/mol. The summed E-state index contributed by atoms with van der Waals surface area (Å²) < 4.78 is 24.8. The van der Waals surface area contributed by atoms with E-state index in [4.69, 9.17) is 15.2 Å². The molecule has 1 heterocycles. The van der Waals surface area contributed by atoms with Crippen molar-refractivity contribution in [3.63, 3.8) is 0 Å². The molecular formula is C23H29FN2O4. The van der Waals surface area contributed by atoms with E-state index >= 15 is 0 Å². The number of aryl methyl sites for hydroxylation is 1. The van der Waals surface area contributed by atoms with Crippen LogP contribution >= 0.6 is 0 Å². The van der Waals surface area contributed by atoms with Crippen molar-refractivity contribution in [1.29, 1.82) is 0 Å². The van der Waals surface area contributed by atoms with E-state index < -0.39 is 6.10 Å². The summed E-state index contributed by atoms with van der Waals surface area (Å²) in [4.78, 5) is 13.4. The van der Waals surface area contributed by atoms with Gasteiger partial charge in [-0.2, -0.15) is 0 Å². The van der Waals surface area contributed by atoms with Crippen LogP contribution in [0.25, 0.3) is 11.1 Å². The number of methoxy groups -OCH3 is 1. The first-order valence-electron chi connectivity index (χ1n) is 10.1. The minimum atomic E-state index is -0.669. The zero-order valence-corrected chi connectivity index (χ0v) is 17.4. The van der Waals surface area contributed by atoms with Gasteiger partial charge in [0.2, 0.25) is 5.91 Å². The number of hydrogen-bond donors (Lipinski definition) is 2. The van der Waals surface area contributed by atoms with Crippen molar-refractivity contribution < 1.29 is 23.8 Å². The van der Waals surface area contributed by atoms with E-state index in [2.05, 4.69) is 4.90 Å². The third-order valence-corrected chi connectivity index (χ3v) is 5.51.